The number of benzene rings is 5. The summed E-state index contributed by atoms with van der Waals surface area (Å²) in [5.74, 6) is 0. The molecule has 6 rings (SSSR count). The molecule has 282 valence electrons. The van der Waals surface area contributed by atoms with Gasteiger partial charge in [-0.2, -0.15) is 57.8 Å². The van der Waals surface area contributed by atoms with Crippen LogP contribution in [0.25, 0.3) is 0 Å². The predicted molar refractivity (Wildman–Crippen MR) is 182 cm³/mol. The summed E-state index contributed by atoms with van der Waals surface area (Å²) in [6.45, 7) is 0. The highest BCUT2D eigenvalue weighted by molar-refractivity contribution is 7.80. The molecule has 0 aromatic heterocycles. The zero-order valence-corrected chi connectivity index (χ0v) is 28.5. The Labute approximate surface area is 302 Å². The molecule has 0 amide bonds. The van der Waals surface area contributed by atoms with Crippen LogP contribution in [0, 0.1) is 0 Å². The highest BCUT2D eigenvalue weighted by Gasteiger charge is 2.49. The van der Waals surface area contributed by atoms with E-state index in [1.165, 1.54) is 12.1 Å². The van der Waals surface area contributed by atoms with Crippen molar-refractivity contribution in [2.24, 2.45) is 5.10 Å². The Morgan fingerprint density at radius 2 is 0.815 bits per heavy atom. The van der Waals surface area contributed by atoms with E-state index in [0.717, 1.165) is 29.5 Å². The molecule has 1 aliphatic heterocycles. The maximum atomic E-state index is 14.7. The number of hydrogen-bond acceptors (Lipinski definition) is 2. The molecule has 2 nitrogen and oxygen atoms in total. The molecule has 0 bridgehead atoms. The smallest absolute Gasteiger partial charge is 0.282 e. The average Bonchev–Trinajstić information content (AvgIpc) is 3.54. The number of rotatable bonds is 7. The van der Waals surface area contributed by atoms with Crippen LogP contribution in [0.1, 0.15) is 63.9 Å². The lowest BCUT2D eigenvalue weighted by atomic mass is 10.0. The van der Waals surface area contributed by atoms with E-state index in [4.69, 9.17) is 0 Å². The van der Waals surface area contributed by atoms with E-state index in [-0.39, 0.29) is 41.9 Å². The van der Waals surface area contributed by atoms with E-state index in [1.807, 2.05) is 24.3 Å². The van der Waals surface area contributed by atoms with Gasteiger partial charge >= 0.3 is 24.7 Å². The Morgan fingerprint density at radius 1 is 0.463 bits per heavy atom. The molecule has 0 aliphatic carbocycles. The molecule has 0 unspecified atom stereocenters. The van der Waals surface area contributed by atoms with Gasteiger partial charge in [0.1, 0.15) is 0 Å². The highest BCUT2D eigenvalue weighted by Crippen LogP contribution is 2.50. The summed E-state index contributed by atoms with van der Waals surface area (Å²) in [6.07, 6.45) is -20.3. The van der Waals surface area contributed by atoms with Crippen molar-refractivity contribution in [2.75, 3.05) is 0 Å². The van der Waals surface area contributed by atoms with Crippen LogP contribution in [0.15, 0.2) is 126 Å². The van der Waals surface area contributed by atoms with Gasteiger partial charge < -0.3 is 0 Å². The maximum absolute atomic E-state index is 14.7. The van der Waals surface area contributed by atoms with Gasteiger partial charge in [-0.1, -0.05) is 97.1 Å². The van der Waals surface area contributed by atoms with Crippen molar-refractivity contribution in [2.45, 2.75) is 49.6 Å². The van der Waals surface area contributed by atoms with Crippen LogP contribution >= 0.6 is 7.92 Å². The molecule has 1 aliphatic rings. The Hall–Kier alpha value is -4.84. The van der Waals surface area contributed by atoms with E-state index in [0.29, 0.717) is 25.0 Å². The Bertz CT molecular complexity index is 1920. The molecule has 5 aromatic carbocycles. The van der Waals surface area contributed by atoms with Gasteiger partial charge in [0.15, 0.2) is 0 Å². The third-order valence-electron chi connectivity index (χ3n) is 8.97. The summed E-state index contributed by atoms with van der Waals surface area (Å²) < 4.78 is 176. The van der Waals surface area contributed by atoms with Crippen LogP contribution in [-0.2, 0) is 24.7 Å². The van der Waals surface area contributed by atoms with Crippen molar-refractivity contribution in [1.29, 1.82) is 0 Å². The van der Waals surface area contributed by atoms with E-state index in [1.54, 1.807) is 41.4 Å². The standard InChI is InChI=1S/C39H27F12N2P/c40-36(41,42)27-16-9-17-28(37(43,44)45)34(27)54(35-29(38(46,47)48)18-10-19-30(35)39(49,50)51)33-20-8-7-15-26(33)23-52-53-31(24-11-3-1-4-12-24)21-22-32(53)25-13-5-2-6-14-25/h1-20,23,31-32H,21-22H2/b52-23+/t31-,32-/m0/s1. The molecule has 5 aromatic rings. The minimum Gasteiger partial charge on any atom is -0.282 e. The monoisotopic (exact) mass is 782 g/mol. The zero-order valence-electron chi connectivity index (χ0n) is 27.6. The maximum Gasteiger partial charge on any atom is 0.417 e. The fourth-order valence-corrected chi connectivity index (χ4v) is 9.81. The summed E-state index contributed by atoms with van der Waals surface area (Å²) in [4.78, 5) is 0. The molecule has 1 heterocycles. The fourth-order valence-electron chi connectivity index (χ4n) is 6.71. The van der Waals surface area contributed by atoms with Crippen LogP contribution in [-0.4, -0.2) is 11.2 Å². The predicted octanol–water partition coefficient (Wildman–Crippen LogP) is 11.4. The minimum absolute atomic E-state index is 0.221. The molecule has 54 heavy (non-hydrogen) atoms. The molecule has 0 radical (unpaired) electrons. The van der Waals surface area contributed by atoms with Crippen LogP contribution in [0.2, 0.25) is 0 Å². The SMILES string of the molecule is FC(F)(F)c1cccc(C(F)(F)F)c1P(c1ccccc1/C=N/N1[C@H](c2ccccc2)CC[C@H]1c1ccccc1)c1c(C(F)(F)F)cccc1C(F)(F)F. The zero-order chi connectivity index (χ0) is 39.1. The lowest BCUT2D eigenvalue weighted by Gasteiger charge is -2.31. The van der Waals surface area contributed by atoms with Crippen LogP contribution in [0.5, 0.6) is 0 Å². The molecule has 1 saturated heterocycles. The number of alkyl halides is 12. The van der Waals surface area contributed by atoms with Crippen molar-refractivity contribution in [3.8, 4) is 0 Å². The van der Waals surface area contributed by atoms with Crippen molar-refractivity contribution in [1.82, 2.24) is 5.01 Å². The van der Waals surface area contributed by atoms with E-state index >= 15 is 0 Å². The van der Waals surface area contributed by atoms with Gasteiger partial charge in [0, 0.05) is 16.2 Å². The third-order valence-corrected chi connectivity index (χ3v) is 11.7. The summed E-state index contributed by atoms with van der Waals surface area (Å²) in [5, 5.41) is 2.20. The summed E-state index contributed by atoms with van der Waals surface area (Å²) >= 11 is 0. The van der Waals surface area contributed by atoms with Crippen molar-refractivity contribution < 1.29 is 52.7 Å². The minimum atomic E-state index is -5.62. The van der Waals surface area contributed by atoms with Gasteiger partial charge in [0.05, 0.1) is 40.6 Å². The van der Waals surface area contributed by atoms with Gasteiger partial charge in [-0.15, -0.1) is 0 Å². The summed E-state index contributed by atoms with van der Waals surface area (Å²) in [6, 6.07) is 23.6. The van der Waals surface area contributed by atoms with Crippen molar-refractivity contribution in [3.05, 3.63) is 160 Å². The van der Waals surface area contributed by atoms with Crippen molar-refractivity contribution >= 4 is 30.0 Å². The molecule has 1 fully saturated rings. The Balaban J connectivity index is 1.66. The molecular formula is C39H27F12N2P. The number of hydrazone groups is 1. The largest absolute Gasteiger partial charge is 0.417 e. The second-order valence-electron chi connectivity index (χ2n) is 12.3. The third kappa shape index (κ3) is 7.99. The molecule has 0 N–H and O–H groups in total. The van der Waals surface area contributed by atoms with Crippen LogP contribution < -0.4 is 15.9 Å². The first-order valence-electron chi connectivity index (χ1n) is 16.2. The van der Waals surface area contributed by atoms with Crippen LogP contribution in [0.3, 0.4) is 0 Å². The lowest BCUT2D eigenvalue weighted by Crippen LogP contribution is -2.38. The molecule has 2 atom stereocenters. The molecule has 0 spiro atoms. The first-order valence-corrected chi connectivity index (χ1v) is 17.6. The van der Waals surface area contributed by atoms with Crippen LogP contribution in [0.4, 0.5) is 52.7 Å². The Kier molecular flexibility index (Phi) is 10.6. The summed E-state index contributed by atoms with van der Waals surface area (Å²) in [7, 11) is -3.93. The number of halogens is 12. The second-order valence-corrected chi connectivity index (χ2v) is 14.4. The highest BCUT2D eigenvalue weighted by atomic mass is 31.1. The van der Waals surface area contributed by atoms with Gasteiger partial charge in [-0.3, -0.25) is 5.01 Å². The average molecular weight is 783 g/mol. The van der Waals surface area contributed by atoms with E-state index < -0.39 is 70.8 Å². The number of hydrogen-bond donors (Lipinski definition) is 0. The van der Waals surface area contributed by atoms with Gasteiger partial charge in [-0.05, 0) is 61.5 Å². The van der Waals surface area contributed by atoms with Crippen molar-refractivity contribution in [3.63, 3.8) is 0 Å². The summed E-state index contributed by atoms with van der Waals surface area (Å²) in [5.41, 5.74) is -6.70. The quantitative estimate of drug-likeness (QED) is 0.0912. The molecular weight excluding hydrogens is 755 g/mol. The first kappa shape index (κ1) is 38.9. The van der Waals surface area contributed by atoms with Gasteiger partial charge in [0.25, 0.3) is 0 Å². The van der Waals surface area contributed by atoms with E-state index in [9.17, 15) is 52.7 Å². The number of nitrogens with zero attached hydrogens (tertiary/aromatic N) is 2. The molecule has 15 heteroatoms. The van der Waals surface area contributed by atoms with E-state index in [2.05, 4.69) is 5.10 Å². The Morgan fingerprint density at radius 3 is 1.19 bits per heavy atom. The van der Waals surface area contributed by atoms with Gasteiger partial charge in [0.2, 0.25) is 0 Å². The first-order chi connectivity index (χ1) is 25.4. The fraction of sp³-hybridized carbons (Fsp3) is 0.205. The second kappa shape index (κ2) is 14.8. The van der Waals surface area contributed by atoms with Gasteiger partial charge in [-0.25, -0.2) is 0 Å². The topological polar surface area (TPSA) is 15.6 Å². The normalized spacial score (nSPS) is 17.2. The molecule has 0 saturated carbocycles. The lowest BCUT2D eigenvalue weighted by molar-refractivity contribution is -0.142.